The quantitative estimate of drug-likeness (QED) is 0.767. The number of likely N-dealkylation sites (tertiary alicyclic amines) is 1. The van der Waals surface area contributed by atoms with Gasteiger partial charge in [-0.05, 0) is 39.2 Å². The van der Waals surface area contributed by atoms with E-state index in [1.165, 1.54) is 4.90 Å². The van der Waals surface area contributed by atoms with Crippen LogP contribution in [0.1, 0.15) is 45.2 Å². The summed E-state index contributed by atoms with van der Waals surface area (Å²) in [6, 6.07) is 7.96. The first kappa shape index (κ1) is 21.1. The Balaban J connectivity index is 2.25. The number of ether oxygens (including phenoxy) is 1. The van der Waals surface area contributed by atoms with Gasteiger partial charge in [-0.3, -0.25) is 4.79 Å². The van der Waals surface area contributed by atoms with Crippen LogP contribution in [0.5, 0.6) is 0 Å². The van der Waals surface area contributed by atoms with Gasteiger partial charge in [-0.15, -0.1) is 0 Å². The third kappa shape index (κ3) is 5.37. The molecule has 27 heavy (non-hydrogen) atoms. The van der Waals surface area contributed by atoms with Gasteiger partial charge in [0, 0.05) is 19.6 Å². The van der Waals surface area contributed by atoms with Crippen molar-refractivity contribution in [2.75, 3.05) is 13.6 Å². The van der Waals surface area contributed by atoms with E-state index in [4.69, 9.17) is 4.74 Å². The first-order chi connectivity index (χ1) is 12.4. The second-order valence-electron chi connectivity index (χ2n) is 7.69. The van der Waals surface area contributed by atoms with E-state index in [9.17, 15) is 22.8 Å². The fourth-order valence-corrected chi connectivity index (χ4v) is 3.19. The monoisotopic (exact) mass is 386 g/mol. The third-order valence-electron chi connectivity index (χ3n) is 4.50. The van der Waals surface area contributed by atoms with Crippen LogP contribution in [0.15, 0.2) is 30.3 Å². The molecular weight excluding hydrogens is 361 g/mol. The number of benzene rings is 1. The van der Waals surface area contributed by atoms with E-state index in [1.54, 1.807) is 32.9 Å². The second kappa shape index (κ2) is 7.78. The Morgan fingerprint density at radius 3 is 2.26 bits per heavy atom. The molecule has 5 nitrogen and oxygen atoms in total. The van der Waals surface area contributed by atoms with Crippen LogP contribution in [-0.4, -0.2) is 53.2 Å². The van der Waals surface area contributed by atoms with Crippen LogP contribution < -0.4 is 0 Å². The first-order valence-corrected chi connectivity index (χ1v) is 8.78. The highest BCUT2D eigenvalue weighted by atomic mass is 19.4. The highest BCUT2D eigenvalue weighted by Gasteiger charge is 2.45. The van der Waals surface area contributed by atoms with Crippen LogP contribution in [0.4, 0.5) is 18.0 Å². The molecule has 0 saturated carbocycles. The van der Waals surface area contributed by atoms with Crippen molar-refractivity contribution in [1.82, 2.24) is 9.80 Å². The van der Waals surface area contributed by atoms with Crippen LogP contribution in [0.2, 0.25) is 0 Å². The molecule has 0 bridgehead atoms. The van der Waals surface area contributed by atoms with Gasteiger partial charge in [0.05, 0.1) is 6.04 Å². The number of hydrogen-bond donors (Lipinski definition) is 0. The van der Waals surface area contributed by atoms with Crippen molar-refractivity contribution in [1.29, 1.82) is 0 Å². The number of hydrogen-bond acceptors (Lipinski definition) is 3. The molecule has 150 valence electrons. The molecule has 0 spiro atoms. The highest BCUT2D eigenvalue weighted by Crippen LogP contribution is 2.35. The lowest BCUT2D eigenvalue weighted by atomic mass is 9.91. The predicted molar refractivity (Wildman–Crippen MR) is 94.0 cm³/mol. The van der Waals surface area contributed by atoms with Gasteiger partial charge in [0.1, 0.15) is 5.60 Å². The summed E-state index contributed by atoms with van der Waals surface area (Å²) >= 11 is 0. The minimum Gasteiger partial charge on any atom is -0.444 e. The highest BCUT2D eigenvalue weighted by molar-refractivity contribution is 5.82. The van der Waals surface area contributed by atoms with Gasteiger partial charge in [0.15, 0.2) is 0 Å². The molecule has 0 unspecified atom stereocenters. The number of carbonyl (C=O) groups is 2. The molecule has 2 atom stereocenters. The fourth-order valence-electron chi connectivity index (χ4n) is 3.19. The molecule has 1 aromatic carbocycles. The van der Waals surface area contributed by atoms with Crippen LogP contribution in [0, 0.1) is 0 Å². The lowest BCUT2D eigenvalue weighted by Crippen LogP contribution is -2.52. The average Bonchev–Trinajstić information content (AvgIpc) is 2.58. The summed E-state index contributed by atoms with van der Waals surface area (Å²) in [4.78, 5) is 26.5. The number of rotatable bonds is 2. The molecule has 8 heteroatoms. The zero-order valence-corrected chi connectivity index (χ0v) is 15.9. The smallest absolute Gasteiger partial charge is 0.444 e. The maximum atomic E-state index is 12.8. The lowest BCUT2D eigenvalue weighted by Gasteiger charge is -2.42. The first-order valence-electron chi connectivity index (χ1n) is 8.78. The Kier molecular flexibility index (Phi) is 6.07. The SMILES string of the molecule is CN(C(=O)C(F)(F)F)[C@H]1CCN(C(=O)OC(C)(C)C)[C@H](c2ccccc2)C1. The number of nitrogens with zero attached hydrogens (tertiary/aromatic N) is 2. The molecule has 2 amide bonds. The number of halogens is 3. The Morgan fingerprint density at radius 1 is 1.15 bits per heavy atom. The van der Waals surface area contributed by atoms with E-state index in [0.29, 0.717) is 0 Å². The van der Waals surface area contributed by atoms with Gasteiger partial charge >= 0.3 is 18.2 Å². The van der Waals surface area contributed by atoms with Crippen molar-refractivity contribution < 1.29 is 27.5 Å². The Labute approximate surface area is 157 Å². The average molecular weight is 386 g/mol. The second-order valence-corrected chi connectivity index (χ2v) is 7.69. The summed E-state index contributed by atoms with van der Waals surface area (Å²) < 4.78 is 43.8. The minimum absolute atomic E-state index is 0.203. The third-order valence-corrected chi connectivity index (χ3v) is 4.50. The van der Waals surface area contributed by atoms with Crippen molar-refractivity contribution in [2.24, 2.45) is 0 Å². The molecule has 1 aromatic rings. The molecule has 0 N–H and O–H groups in total. The summed E-state index contributed by atoms with van der Waals surface area (Å²) in [5.41, 5.74) is 0.110. The summed E-state index contributed by atoms with van der Waals surface area (Å²) in [6.45, 7) is 5.47. The molecule has 1 aliphatic heterocycles. The normalized spacial score (nSPS) is 20.9. The maximum Gasteiger partial charge on any atom is 0.471 e. The summed E-state index contributed by atoms with van der Waals surface area (Å²) in [5, 5.41) is 0. The standard InChI is InChI=1S/C19H25F3N2O3/c1-18(2,3)27-17(26)24-11-10-14(23(4)16(25)19(20,21)22)12-15(24)13-8-6-5-7-9-13/h5-9,14-15H,10-12H2,1-4H3/t14-,15-/m0/s1. The lowest BCUT2D eigenvalue weighted by molar-refractivity contribution is -0.187. The van der Waals surface area contributed by atoms with Crippen LogP contribution >= 0.6 is 0 Å². The largest absolute Gasteiger partial charge is 0.471 e. The van der Waals surface area contributed by atoms with Crippen molar-refractivity contribution in [2.45, 2.75) is 57.5 Å². The van der Waals surface area contributed by atoms with E-state index in [1.807, 2.05) is 18.2 Å². The Bertz CT molecular complexity index is 671. The molecule has 1 heterocycles. The van der Waals surface area contributed by atoms with Crippen LogP contribution in [0.3, 0.4) is 0 Å². The van der Waals surface area contributed by atoms with Gasteiger partial charge in [-0.1, -0.05) is 30.3 Å². The Morgan fingerprint density at radius 2 is 1.74 bits per heavy atom. The molecule has 0 radical (unpaired) electrons. The molecule has 0 aromatic heterocycles. The van der Waals surface area contributed by atoms with E-state index >= 15 is 0 Å². The molecule has 1 saturated heterocycles. The van der Waals surface area contributed by atoms with E-state index < -0.39 is 35.9 Å². The van der Waals surface area contributed by atoms with E-state index in [-0.39, 0.29) is 19.4 Å². The van der Waals surface area contributed by atoms with Crippen molar-refractivity contribution >= 4 is 12.0 Å². The van der Waals surface area contributed by atoms with Crippen molar-refractivity contribution in [3.05, 3.63) is 35.9 Å². The Hall–Kier alpha value is -2.25. The van der Waals surface area contributed by atoms with Crippen molar-refractivity contribution in [3.8, 4) is 0 Å². The number of alkyl halides is 3. The van der Waals surface area contributed by atoms with E-state index in [2.05, 4.69) is 0 Å². The maximum absolute atomic E-state index is 12.8. The molecular formula is C19H25F3N2O3. The zero-order chi connectivity index (χ0) is 20.4. The molecule has 1 aliphatic rings. The van der Waals surface area contributed by atoms with Gasteiger partial charge in [0.25, 0.3) is 0 Å². The molecule has 0 aliphatic carbocycles. The summed E-state index contributed by atoms with van der Waals surface area (Å²) in [7, 11) is 1.16. The summed E-state index contributed by atoms with van der Waals surface area (Å²) in [6.07, 6.45) is -4.97. The van der Waals surface area contributed by atoms with Gasteiger partial charge in [-0.25, -0.2) is 4.79 Å². The molecule has 2 rings (SSSR count). The van der Waals surface area contributed by atoms with Gasteiger partial charge < -0.3 is 14.5 Å². The summed E-state index contributed by atoms with van der Waals surface area (Å²) in [5.74, 6) is -1.87. The number of carbonyl (C=O) groups excluding carboxylic acids is 2. The van der Waals surface area contributed by atoms with Gasteiger partial charge in [0.2, 0.25) is 0 Å². The van der Waals surface area contributed by atoms with E-state index in [0.717, 1.165) is 17.5 Å². The van der Waals surface area contributed by atoms with Crippen LogP contribution in [-0.2, 0) is 9.53 Å². The molecule has 1 fully saturated rings. The number of piperidine rings is 1. The predicted octanol–water partition coefficient (Wildman–Crippen LogP) is 4.15. The zero-order valence-electron chi connectivity index (χ0n) is 15.9. The van der Waals surface area contributed by atoms with Gasteiger partial charge in [-0.2, -0.15) is 13.2 Å². The van der Waals surface area contributed by atoms with Crippen molar-refractivity contribution in [3.63, 3.8) is 0 Å². The minimum atomic E-state index is -4.92. The fraction of sp³-hybridized carbons (Fsp3) is 0.579. The number of amides is 2. The van der Waals surface area contributed by atoms with Crippen LogP contribution in [0.25, 0.3) is 0 Å². The topological polar surface area (TPSA) is 49.9 Å².